The second-order valence-electron chi connectivity index (χ2n) is 5.89. The molecule has 1 aliphatic rings. The summed E-state index contributed by atoms with van der Waals surface area (Å²) < 4.78 is 1.93. The molecule has 0 bridgehead atoms. The Morgan fingerprint density at radius 2 is 2.04 bits per heavy atom. The Bertz CT molecular complexity index is 782. The lowest BCUT2D eigenvalue weighted by Crippen LogP contribution is -2.05. The summed E-state index contributed by atoms with van der Waals surface area (Å²) in [5.74, 6) is 1.58. The van der Waals surface area contributed by atoms with Gasteiger partial charge in [0.1, 0.15) is 16.5 Å². The van der Waals surface area contributed by atoms with E-state index in [1.165, 1.54) is 36.3 Å². The molecule has 0 saturated carbocycles. The van der Waals surface area contributed by atoms with Crippen LogP contribution in [0.1, 0.15) is 40.7 Å². The van der Waals surface area contributed by atoms with Crippen molar-refractivity contribution in [3.63, 3.8) is 0 Å². The van der Waals surface area contributed by atoms with E-state index in [1.807, 2.05) is 41.1 Å². The Kier molecular flexibility index (Phi) is 3.91. The lowest BCUT2D eigenvalue weighted by molar-refractivity contribution is 0.675. The van der Waals surface area contributed by atoms with Gasteiger partial charge in [0.15, 0.2) is 5.82 Å². The molecule has 6 heteroatoms. The minimum atomic E-state index is 0.671. The summed E-state index contributed by atoms with van der Waals surface area (Å²) in [6.07, 6.45) is 7.96. The minimum absolute atomic E-state index is 0.671. The summed E-state index contributed by atoms with van der Waals surface area (Å²) >= 11 is 1.84. The normalized spacial score (nSPS) is 14.5. The fourth-order valence-corrected chi connectivity index (χ4v) is 4.17. The van der Waals surface area contributed by atoms with E-state index in [1.54, 1.807) is 6.20 Å². The number of aryl methyl sites for hydroxylation is 3. The number of hydrogen-bond acceptors (Lipinski definition) is 5. The Hall–Kier alpha value is -2.08. The molecule has 3 aromatic rings. The molecule has 1 aliphatic carbocycles. The molecule has 3 heterocycles. The van der Waals surface area contributed by atoms with E-state index >= 15 is 0 Å². The highest BCUT2D eigenvalue weighted by molar-refractivity contribution is 7.11. The Balaban J connectivity index is 1.65. The summed E-state index contributed by atoms with van der Waals surface area (Å²) in [4.78, 5) is 15.3. The maximum absolute atomic E-state index is 4.86. The number of hydrogen-bond donors (Lipinski definition) is 0. The van der Waals surface area contributed by atoms with E-state index in [-0.39, 0.29) is 0 Å². The van der Waals surface area contributed by atoms with Crippen molar-refractivity contribution in [2.24, 2.45) is 0 Å². The topological polar surface area (TPSA) is 56.5 Å². The number of fused-ring (bicyclic) bond motifs is 1. The molecule has 4 rings (SSSR count). The van der Waals surface area contributed by atoms with Gasteiger partial charge in [-0.05, 0) is 44.7 Å². The van der Waals surface area contributed by atoms with Crippen LogP contribution in [-0.2, 0) is 19.4 Å². The van der Waals surface area contributed by atoms with Crippen molar-refractivity contribution in [2.45, 2.75) is 45.6 Å². The van der Waals surface area contributed by atoms with Gasteiger partial charge in [0.25, 0.3) is 0 Å². The van der Waals surface area contributed by atoms with Gasteiger partial charge in [-0.3, -0.25) is 4.98 Å². The highest BCUT2D eigenvalue weighted by atomic mass is 32.1. The first-order valence-electron chi connectivity index (χ1n) is 8.10. The fraction of sp³-hybridized carbons (Fsp3) is 0.412. The highest BCUT2D eigenvalue weighted by Crippen LogP contribution is 2.27. The van der Waals surface area contributed by atoms with Crippen molar-refractivity contribution < 1.29 is 0 Å². The van der Waals surface area contributed by atoms with Crippen molar-refractivity contribution in [1.29, 1.82) is 0 Å². The van der Waals surface area contributed by atoms with Gasteiger partial charge in [0, 0.05) is 11.1 Å². The standard InChI is InChI=1S/C17H19N5S/c1-12-19-17(14-8-5-6-10-18-14)22(21-12)11-16-20-13-7-3-2-4-9-15(13)23-16/h5-6,8,10H,2-4,7,9,11H2,1H3. The van der Waals surface area contributed by atoms with Crippen molar-refractivity contribution in [3.05, 3.63) is 45.8 Å². The van der Waals surface area contributed by atoms with Gasteiger partial charge in [0.2, 0.25) is 0 Å². The molecule has 0 aliphatic heterocycles. The molecule has 0 saturated heterocycles. The number of aromatic nitrogens is 5. The van der Waals surface area contributed by atoms with E-state index in [9.17, 15) is 0 Å². The summed E-state index contributed by atoms with van der Waals surface area (Å²) in [7, 11) is 0. The predicted molar refractivity (Wildman–Crippen MR) is 90.5 cm³/mol. The molecule has 0 N–H and O–H groups in total. The fourth-order valence-electron chi connectivity index (χ4n) is 3.03. The van der Waals surface area contributed by atoms with E-state index in [2.05, 4.69) is 15.1 Å². The first-order chi connectivity index (χ1) is 11.3. The monoisotopic (exact) mass is 325 g/mol. The molecule has 0 fully saturated rings. The maximum Gasteiger partial charge on any atom is 0.177 e. The van der Waals surface area contributed by atoms with Crippen molar-refractivity contribution in [1.82, 2.24) is 24.7 Å². The lowest BCUT2D eigenvalue weighted by Gasteiger charge is -2.03. The van der Waals surface area contributed by atoms with Crippen LogP contribution < -0.4 is 0 Å². The van der Waals surface area contributed by atoms with Crippen LogP contribution in [0.15, 0.2) is 24.4 Å². The van der Waals surface area contributed by atoms with Crippen LogP contribution in [0.25, 0.3) is 11.5 Å². The molecule has 0 amide bonds. The van der Waals surface area contributed by atoms with Crippen LogP contribution in [0.4, 0.5) is 0 Å². The zero-order valence-corrected chi connectivity index (χ0v) is 14.0. The minimum Gasteiger partial charge on any atom is -0.253 e. The van der Waals surface area contributed by atoms with Crippen molar-refractivity contribution in [2.75, 3.05) is 0 Å². The van der Waals surface area contributed by atoms with Gasteiger partial charge < -0.3 is 0 Å². The Morgan fingerprint density at radius 3 is 2.91 bits per heavy atom. The zero-order chi connectivity index (χ0) is 15.6. The first kappa shape index (κ1) is 14.5. The third-order valence-corrected chi connectivity index (χ3v) is 5.24. The van der Waals surface area contributed by atoms with E-state index < -0.39 is 0 Å². The molecule has 0 atom stereocenters. The van der Waals surface area contributed by atoms with E-state index in [4.69, 9.17) is 4.98 Å². The number of rotatable bonds is 3. The number of pyridine rings is 1. The highest BCUT2D eigenvalue weighted by Gasteiger charge is 2.17. The molecular weight excluding hydrogens is 306 g/mol. The molecule has 0 radical (unpaired) electrons. The number of thiazole rings is 1. The summed E-state index contributed by atoms with van der Waals surface area (Å²) in [5.41, 5.74) is 2.16. The molecule has 5 nitrogen and oxygen atoms in total. The SMILES string of the molecule is Cc1nc(-c2ccccn2)n(Cc2nc3c(s2)CCCCC3)n1. The molecular formula is C17H19N5S. The lowest BCUT2D eigenvalue weighted by atomic mass is 10.2. The third kappa shape index (κ3) is 3.03. The van der Waals surface area contributed by atoms with Gasteiger partial charge in [0.05, 0.1) is 12.2 Å². The van der Waals surface area contributed by atoms with Crippen LogP contribution in [-0.4, -0.2) is 24.7 Å². The largest absolute Gasteiger partial charge is 0.253 e. The van der Waals surface area contributed by atoms with E-state index in [0.717, 1.165) is 28.8 Å². The summed E-state index contributed by atoms with van der Waals surface area (Å²) in [5, 5.41) is 5.66. The quantitative estimate of drug-likeness (QED) is 0.692. The Labute approximate surface area is 139 Å². The van der Waals surface area contributed by atoms with Crippen LogP contribution in [0.5, 0.6) is 0 Å². The van der Waals surface area contributed by atoms with Gasteiger partial charge >= 0.3 is 0 Å². The average Bonchev–Trinajstić information content (AvgIpc) is 3.04. The predicted octanol–water partition coefficient (Wildman–Crippen LogP) is 3.42. The van der Waals surface area contributed by atoms with Crippen molar-refractivity contribution >= 4 is 11.3 Å². The Morgan fingerprint density at radius 1 is 1.13 bits per heavy atom. The van der Waals surface area contributed by atoms with Crippen LogP contribution in [0, 0.1) is 6.92 Å². The first-order valence-corrected chi connectivity index (χ1v) is 8.91. The van der Waals surface area contributed by atoms with Crippen LogP contribution in [0.3, 0.4) is 0 Å². The molecule has 0 unspecified atom stereocenters. The average molecular weight is 325 g/mol. The van der Waals surface area contributed by atoms with Crippen LogP contribution in [0.2, 0.25) is 0 Å². The van der Waals surface area contributed by atoms with Gasteiger partial charge in [-0.25, -0.2) is 14.6 Å². The van der Waals surface area contributed by atoms with Crippen LogP contribution >= 0.6 is 11.3 Å². The summed E-state index contributed by atoms with van der Waals surface area (Å²) in [6.45, 7) is 2.59. The molecule has 0 spiro atoms. The molecule has 118 valence electrons. The smallest absolute Gasteiger partial charge is 0.177 e. The molecule has 0 aromatic carbocycles. The summed E-state index contributed by atoms with van der Waals surface area (Å²) in [6, 6.07) is 5.86. The molecule has 23 heavy (non-hydrogen) atoms. The molecule has 3 aromatic heterocycles. The number of nitrogens with zero attached hydrogens (tertiary/aromatic N) is 5. The zero-order valence-electron chi connectivity index (χ0n) is 13.2. The van der Waals surface area contributed by atoms with Crippen molar-refractivity contribution in [3.8, 4) is 11.5 Å². The second-order valence-corrected chi connectivity index (χ2v) is 7.06. The van der Waals surface area contributed by atoms with Gasteiger partial charge in [-0.2, -0.15) is 5.10 Å². The third-order valence-electron chi connectivity index (χ3n) is 4.10. The van der Waals surface area contributed by atoms with Gasteiger partial charge in [-0.15, -0.1) is 11.3 Å². The maximum atomic E-state index is 4.86. The second kappa shape index (κ2) is 6.20. The van der Waals surface area contributed by atoms with Gasteiger partial charge in [-0.1, -0.05) is 12.5 Å². The van der Waals surface area contributed by atoms with E-state index in [0.29, 0.717) is 6.54 Å².